The molecule has 9 nitrogen and oxygen atoms in total. The maximum Gasteiger partial charge on any atom is 0.338 e. The molecule has 0 unspecified atom stereocenters. The predicted molar refractivity (Wildman–Crippen MR) is 167 cm³/mol. The fraction of sp³-hybridized carbons (Fsp3) is 0.212. The average Bonchev–Trinajstić information content (AvgIpc) is 3.34. The van der Waals surface area contributed by atoms with Crippen molar-refractivity contribution in [2.75, 3.05) is 13.7 Å². The van der Waals surface area contributed by atoms with Gasteiger partial charge in [-0.3, -0.25) is 9.36 Å². The Kier molecular flexibility index (Phi) is 9.32. The normalized spacial score (nSPS) is 14.5. The van der Waals surface area contributed by atoms with E-state index in [0.29, 0.717) is 50.7 Å². The summed E-state index contributed by atoms with van der Waals surface area (Å²) in [4.78, 5) is 43.2. The molecule has 226 valence electrons. The number of hydrogen-bond acceptors (Lipinski definition) is 8. The molecule has 2 heterocycles. The van der Waals surface area contributed by atoms with Crippen LogP contribution >= 0.6 is 22.9 Å². The summed E-state index contributed by atoms with van der Waals surface area (Å²) in [6, 6.07) is 18.4. The zero-order valence-electron chi connectivity index (χ0n) is 24.2. The summed E-state index contributed by atoms with van der Waals surface area (Å²) < 4.78 is 18.9. The van der Waals surface area contributed by atoms with Crippen molar-refractivity contribution >= 4 is 41.0 Å². The average molecular weight is 633 g/mol. The standard InChI is InChI=1S/C33H29ClN2O7S/c1-4-24-27(32(40)41-3)28(21-9-7-6-8-10-21)36-30(37)26(44-33(36)35-24)17-20-15-23(34)29(25(16-20)42-5-2)43-18-19-11-13-22(14-12-19)31(38)39/h6-17,28H,4-5,18H2,1-3H3,(H,38,39)/b26-17-/t28-/m1/s1. The predicted octanol–water partition coefficient (Wildman–Crippen LogP) is 5.13. The lowest BCUT2D eigenvalue weighted by Crippen LogP contribution is -2.40. The minimum absolute atomic E-state index is 0.138. The molecule has 4 aromatic rings. The Morgan fingerprint density at radius 3 is 2.43 bits per heavy atom. The van der Waals surface area contributed by atoms with Gasteiger partial charge in [0.1, 0.15) is 6.61 Å². The van der Waals surface area contributed by atoms with E-state index in [1.54, 1.807) is 30.3 Å². The van der Waals surface area contributed by atoms with Crippen LogP contribution in [0.15, 0.2) is 87.8 Å². The lowest BCUT2D eigenvalue weighted by Gasteiger charge is -2.25. The van der Waals surface area contributed by atoms with E-state index in [4.69, 9.17) is 35.9 Å². The van der Waals surface area contributed by atoms with Gasteiger partial charge in [0.25, 0.3) is 5.56 Å². The first kappa shape index (κ1) is 30.8. The van der Waals surface area contributed by atoms with E-state index in [9.17, 15) is 14.4 Å². The van der Waals surface area contributed by atoms with Gasteiger partial charge in [-0.1, -0.05) is 72.3 Å². The number of benzene rings is 3. The van der Waals surface area contributed by atoms with Crippen molar-refractivity contribution in [3.8, 4) is 11.5 Å². The van der Waals surface area contributed by atoms with E-state index in [1.165, 1.54) is 35.1 Å². The highest BCUT2D eigenvalue weighted by atomic mass is 35.5. The number of nitrogens with zero attached hydrogens (tertiary/aromatic N) is 2. The van der Waals surface area contributed by atoms with Crippen molar-refractivity contribution in [1.29, 1.82) is 0 Å². The second-order valence-electron chi connectivity index (χ2n) is 9.75. The number of rotatable bonds is 10. The van der Waals surface area contributed by atoms with Crippen LogP contribution in [-0.4, -0.2) is 35.3 Å². The maximum absolute atomic E-state index is 13.9. The number of carbonyl (C=O) groups excluding carboxylic acids is 1. The van der Waals surface area contributed by atoms with Crippen molar-refractivity contribution in [2.45, 2.75) is 32.9 Å². The molecular weight excluding hydrogens is 604 g/mol. The molecule has 0 aliphatic carbocycles. The summed E-state index contributed by atoms with van der Waals surface area (Å²) in [5.41, 5.74) is 2.91. The van der Waals surface area contributed by atoms with E-state index in [2.05, 4.69) is 0 Å². The summed E-state index contributed by atoms with van der Waals surface area (Å²) in [6.07, 6.45) is 2.19. The molecule has 44 heavy (non-hydrogen) atoms. The van der Waals surface area contributed by atoms with Crippen LogP contribution in [0.3, 0.4) is 0 Å². The first-order valence-corrected chi connectivity index (χ1v) is 15.0. The van der Waals surface area contributed by atoms with Crippen LogP contribution in [0.5, 0.6) is 11.5 Å². The van der Waals surface area contributed by atoms with Gasteiger partial charge in [-0.05, 0) is 60.4 Å². The van der Waals surface area contributed by atoms with Crippen molar-refractivity contribution in [3.63, 3.8) is 0 Å². The van der Waals surface area contributed by atoms with Gasteiger partial charge in [-0.25, -0.2) is 14.6 Å². The molecule has 5 rings (SSSR count). The summed E-state index contributed by atoms with van der Waals surface area (Å²) in [6.45, 7) is 4.23. The highest BCUT2D eigenvalue weighted by Crippen LogP contribution is 2.38. The van der Waals surface area contributed by atoms with Gasteiger partial charge >= 0.3 is 11.9 Å². The van der Waals surface area contributed by atoms with Gasteiger partial charge in [0.05, 0.1) is 46.1 Å². The number of methoxy groups -OCH3 is 1. The third-order valence-electron chi connectivity index (χ3n) is 6.98. The molecule has 0 fully saturated rings. The Morgan fingerprint density at radius 1 is 1.07 bits per heavy atom. The van der Waals surface area contributed by atoms with E-state index in [1.807, 2.05) is 44.2 Å². The number of thiazole rings is 1. The number of aromatic nitrogens is 1. The molecule has 1 atom stereocenters. The lowest BCUT2D eigenvalue weighted by molar-refractivity contribution is -0.136. The quantitative estimate of drug-likeness (QED) is 0.241. The molecule has 0 bridgehead atoms. The molecule has 1 aliphatic rings. The van der Waals surface area contributed by atoms with E-state index in [-0.39, 0.29) is 22.8 Å². The van der Waals surface area contributed by atoms with E-state index < -0.39 is 18.0 Å². The van der Waals surface area contributed by atoms with Gasteiger partial charge < -0.3 is 19.3 Å². The van der Waals surface area contributed by atoms with Crippen molar-refractivity contribution in [3.05, 3.63) is 125 Å². The highest BCUT2D eigenvalue weighted by Gasteiger charge is 2.33. The molecule has 0 spiro atoms. The zero-order chi connectivity index (χ0) is 31.4. The number of hydrogen-bond donors (Lipinski definition) is 1. The number of aromatic carboxylic acids is 1. The number of halogens is 1. The second-order valence-corrected chi connectivity index (χ2v) is 11.2. The first-order chi connectivity index (χ1) is 21.2. The largest absolute Gasteiger partial charge is 0.490 e. The van der Waals surface area contributed by atoms with E-state index in [0.717, 1.165) is 11.1 Å². The van der Waals surface area contributed by atoms with Crippen LogP contribution < -0.4 is 24.4 Å². The molecule has 0 saturated heterocycles. The number of carboxylic acids is 1. The Balaban J connectivity index is 1.56. The molecule has 1 N–H and O–H groups in total. The number of fused-ring (bicyclic) bond motifs is 1. The fourth-order valence-corrected chi connectivity index (χ4v) is 6.23. The monoisotopic (exact) mass is 632 g/mol. The van der Waals surface area contributed by atoms with Crippen molar-refractivity contribution < 1.29 is 28.9 Å². The number of ether oxygens (including phenoxy) is 3. The van der Waals surface area contributed by atoms with Crippen LogP contribution in [0.25, 0.3) is 6.08 Å². The Hall–Kier alpha value is -4.67. The molecule has 11 heteroatoms. The fourth-order valence-electron chi connectivity index (χ4n) is 4.94. The molecular formula is C33H29ClN2O7S. The van der Waals surface area contributed by atoms with E-state index >= 15 is 0 Å². The Bertz CT molecular complexity index is 1930. The van der Waals surface area contributed by atoms with Gasteiger partial charge in [0.2, 0.25) is 0 Å². The summed E-state index contributed by atoms with van der Waals surface area (Å²) in [5, 5.41) is 9.41. The smallest absolute Gasteiger partial charge is 0.338 e. The molecule has 1 aromatic heterocycles. The van der Waals surface area contributed by atoms with Crippen LogP contribution in [0.2, 0.25) is 5.02 Å². The zero-order valence-corrected chi connectivity index (χ0v) is 25.8. The van der Waals surface area contributed by atoms with Crippen LogP contribution in [0.1, 0.15) is 53.4 Å². The van der Waals surface area contributed by atoms with Crippen molar-refractivity contribution in [1.82, 2.24) is 4.57 Å². The Morgan fingerprint density at radius 2 is 1.80 bits per heavy atom. The minimum atomic E-state index is -1.01. The molecule has 0 radical (unpaired) electrons. The minimum Gasteiger partial charge on any atom is -0.490 e. The number of allylic oxidation sites excluding steroid dienone is 1. The molecule has 3 aromatic carbocycles. The van der Waals surface area contributed by atoms with Crippen molar-refractivity contribution in [2.24, 2.45) is 4.99 Å². The third kappa shape index (κ3) is 6.17. The Labute approximate surface area is 261 Å². The van der Waals surface area contributed by atoms with Gasteiger partial charge in [-0.2, -0.15) is 0 Å². The number of carboxylic acid groups (broad SMARTS) is 1. The summed E-state index contributed by atoms with van der Waals surface area (Å²) in [7, 11) is 1.32. The van der Waals surface area contributed by atoms with Crippen LogP contribution in [0, 0.1) is 0 Å². The van der Waals surface area contributed by atoms with Gasteiger partial charge in [0, 0.05) is 0 Å². The SMILES string of the molecule is CCOc1cc(/C=c2\sc3n(c2=O)[C@H](c2ccccc2)C(C(=O)OC)=C(CC)N=3)cc(Cl)c1OCc1ccc(C(=O)O)cc1. The van der Waals surface area contributed by atoms with Gasteiger partial charge in [0.15, 0.2) is 16.3 Å². The number of esters is 1. The lowest BCUT2D eigenvalue weighted by atomic mass is 9.95. The molecule has 0 amide bonds. The first-order valence-electron chi connectivity index (χ1n) is 13.8. The number of carbonyl (C=O) groups is 2. The van der Waals surface area contributed by atoms with Crippen LogP contribution in [-0.2, 0) is 16.1 Å². The highest BCUT2D eigenvalue weighted by molar-refractivity contribution is 7.07. The second kappa shape index (κ2) is 13.3. The third-order valence-corrected chi connectivity index (χ3v) is 8.24. The molecule has 0 saturated carbocycles. The summed E-state index contributed by atoms with van der Waals surface area (Å²) >= 11 is 7.88. The van der Waals surface area contributed by atoms with Gasteiger partial charge in [-0.15, -0.1) is 0 Å². The maximum atomic E-state index is 13.9. The molecule has 1 aliphatic heterocycles. The topological polar surface area (TPSA) is 116 Å². The summed E-state index contributed by atoms with van der Waals surface area (Å²) in [5.74, 6) is -0.818. The van der Waals surface area contributed by atoms with Crippen LogP contribution in [0.4, 0.5) is 0 Å².